The molecule has 3 fully saturated rings. The summed E-state index contributed by atoms with van der Waals surface area (Å²) in [4.78, 5) is 12.7. The number of sulfonamides is 1. The van der Waals surface area contributed by atoms with Gasteiger partial charge in [-0.15, -0.1) is 0 Å². The molecule has 0 N–H and O–H groups in total. The summed E-state index contributed by atoms with van der Waals surface area (Å²) in [6, 6.07) is -0.789. The van der Waals surface area contributed by atoms with Gasteiger partial charge in [-0.05, 0) is 30.6 Å². The summed E-state index contributed by atoms with van der Waals surface area (Å²) in [5.74, 6) is -13.5. The Bertz CT molecular complexity index is 829. The van der Waals surface area contributed by atoms with Crippen molar-refractivity contribution >= 4 is 38.5 Å². The molecule has 3 aliphatic rings. The van der Waals surface area contributed by atoms with Crippen LogP contribution in [0.5, 0.6) is 0 Å². The van der Waals surface area contributed by atoms with Crippen LogP contribution < -0.4 is 0 Å². The lowest BCUT2D eigenvalue weighted by Crippen LogP contribution is -2.54. The van der Waals surface area contributed by atoms with Crippen LogP contribution in [0.15, 0.2) is 0 Å². The van der Waals surface area contributed by atoms with Crippen LogP contribution >= 0.6 is 22.6 Å². The van der Waals surface area contributed by atoms with E-state index in [-0.39, 0.29) is 11.7 Å². The second-order valence-electron chi connectivity index (χ2n) is 8.70. The Kier molecular flexibility index (Phi) is 5.10. The number of amides is 1. The SMILES string of the molecule is CC1(C)[C@@H]2CC[C@]13CS(=O)(=O)N(C(=O)[C@@H](I)CC(F)(F)C(F)(F)C(F)(F)F)[C@H]3C2. The summed E-state index contributed by atoms with van der Waals surface area (Å²) < 4.78 is 115. The molecule has 2 aliphatic carbocycles. The molecule has 2 saturated carbocycles. The van der Waals surface area contributed by atoms with E-state index in [9.17, 15) is 43.9 Å². The van der Waals surface area contributed by atoms with Gasteiger partial charge in [-0.1, -0.05) is 36.4 Å². The normalized spacial score (nSPS) is 34.3. The minimum Gasteiger partial charge on any atom is -0.273 e. The molecular weight excluding hydrogens is 546 g/mol. The summed E-state index contributed by atoms with van der Waals surface area (Å²) >= 11 is 1.02. The highest BCUT2D eigenvalue weighted by Gasteiger charge is 2.75. The molecule has 29 heavy (non-hydrogen) atoms. The molecule has 1 aliphatic heterocycles. The van der Waals surface area contributed by atoms with E-state index in [0.29, 0.717) is 17.1 Å². The van der Waals surface area contributed by atoms with E-state index in [0.717, 1.165) is 29.0 Å². The van der Waals surface area contributed by atoms with Crippen molar-refractivity contribution in [2.75, 3.05) is 5.75 Å². The van der Waals surface area contributed by atoms with Crippen LogP contribution in [-0.2, 0) is 14.8 Å². The lowest BCUT2D eigenvalue weighted by atomic mass is 9.69. The van der Waals surface area contributed by atoms with Crippen molar-refractivity contribution in [1.82, 2.24) is 4.31 Å². The predicted octanol–water partition coefficient (Wildman–Crippen LogP) is 4.38. The molecule has 13 heteroatoms. The van der Waals surface area contributed by atoms with E-state index in [4.69, 9.17) is 0 Å². The van der Waals surface area contributed by atoms with Gasteiger partial charge in [0.15, 0.2) is 0 Å². The van der Waals surface area contributed by atoms with Crippen molar-refractivity contribution < 1.29 is 43.9 Å². The van der Waals surface area contributed by atoms with Gasteiger partial charge < -0.3 is 0 Å². The molecule has 0 aromatic heterocycles. The van der Waals surface area contributed by atoms with Crippen molar-refractivity contribution in [2.24, 2.45) is 16.7 Å². The summed E-state index contributed by atoms with van der Waals surface area (Å²) in [5.41, 5.74) is -1.19. The van der Waals surface area contributed by atoms with E-state index in [2.05, 4.69) is 0 Å². The number of carbonyl (C=O) groups excluding carboxylic acids is 1. The van der Waals surface area contributed by atoms with E-state index < -0.39 is 61.2 Å². The van der Waals surface area contributed by atoms with Crippen molar-refractivity contribution in [2.45, 2.75) is 67.5 Å². The van der Waals surface area contributed by atoms with E-state index >= 15 is 0 Å². The number of rotatable bonds is 4. The van der Waals surface area contributed by atoms with E-state index in [1.165, 1.54) is 0 Å². The first kappa shape index (κ1) is 23.3. The summed E-state index contributed by atoms with van der Waals surface area (Å²) in [5, 5.41) is 0. The zero-order chi connectivity index (χ0) is 22.4. The fourth-order valence-corrected chi connectivity index (χ4v) is 8.98. The fraction of sp³-hybridized carbons (Fsp3) is 0.938. The largest absolute Gasteiger partial charge is 0.459 e. The maximum Gasteiger partial charge on any atom is 0.459 e. The Morgan fingerprint density at radius 3 is 2.21 bits per heavy atom. The zero-order valence-corrected chi connectivity index (χ0v) is 18.3. The highest BCUT2D eigenvalue weighted by Crippen LogP contribution is 2.70. The van der Waals surface area contributed by atoms with Gasteiger partial charge >= 0.3 is 18.0 Å². The van der Waals surface area contributed by atoms with E-state index in [1.54, 1.807) is 0 Å². The zero-order valence-electron chi connectivity index (χ0n) is 15.4. The fourth-order valence-electron chi connectivity index (χ4n) is 5.37. The van der Waals surface area contributed by atoms with Crippen LogP contribution in [-0.4, -0.2) is 52.4 Å². The average Bonchev–Trinajstić information content (AvgIpc) is 2.99. The molecule has 0 aromatic rings. The molecule has 1 saturated heterocycles. The summed E-state index contributed by atoms with van der Waals surface area (Å²) in [6.45, 7) is 3.77. The smallest absolute Gasteiger partial charge is 0.273 e. The van der Waals surface area contributed by atoms with Gasteiger partial charge in [0.25, 0.3) is 0 Å². The lowest BCUT2D eigenvalue weighted by Gasteiger charge is -2.37. The van der Waals surface area contributed by atoms with Crippen LogP contribution in [0, 0.1) is 16.7 Å². The second-order valence-corrected chi connectivity index (χ2v) is 12.1. The highest BCUT2D eigenvalue weighted by atomic mass is 127. The van der Waals surface area contributed by atoms with Crippen LogP contribution in [0.3, 0.4) is 0 Å². The number of halogens is 8. The van der Waals surface area contributed by atoms with Crippen LogP contribution in [0.2, 0.25) is 0 Å². The summed E-state index contributed by atoms with van der Waals surface area (Å²) in [7, 11) is -4.20. The van der Waals surface area contributed by atoms with Gasteiger partial charge in [0.2, 0.25) is 15.9 Å². The number of hydrogen-bond acceptors (Lipinski definition) is 3. The molecule has 0 unspecified atom stereocenters. The molecule has 2 bridgehead atoms. The van der Waals surface area contributed by atoms with Gasteiger partial charge in [-0.25, -0.2) is 12.7 Å². The molecule has 4 nitrogen and oxygen atoms in total. The number of carbonyl (C=O) groups is 1. The van der Waals surface area contributed by atoms with Crippen molar-refractivity contribution in [3.05, 3.63) is 0 Å². The second kappa shape index (κ2) is 6.35. The van der Waals surface area contributed by atoms with Gasteiger partial charge in [-0.2, -0.15) is 30.7 Å². The first-order chi connectivity index (χ1) is 12.8. The minimum absolute atomic E-state index is 0.113. The number of nitrogens with zero attached hydrogens (tertiary/aromatic N) is 1. The number of hydrogen-bond donors (Lipinski definition) is 0. The van der Waals surface area contributed by atoms with E-state index in [1.807, 2.05) is 13.8 Å². The Balaban J connectivity index is 1.87. The monoisotopic (exact) mass is 565 g/mol. The average molecular weight is 565 g/mol. The van der Waals surface area contributed by atoms with Crippen molar-refractivity contribution in [3.8, 4) is 0 Å². The maximum atomic E-state index is 13.7. The van der Waals surface area contributed by atoms with Gasteiger partial charge in [0.05, 0.1) is 15.7 Å². The maximum absolute atomic E-state index is 13.7. The Morgan fingerprint density at radius 2 is 1.72 bits per heavy atom. The molecule has 1 amide bonds. The molecule has 0 aromatic carbocycles. The molecule has 0 radical (unpaired) electrons. The van der Waals surface area contributed by atoms with Crippen LogP contribution in [0.25, 0.3) is 0 Å². The van der Waals surface area contributed by atoms with Gasteiger partial charge in [0, 0.05) is 11.8 Å². The molecule has 3 rings (SSSR count). The first-order valence-corrected chi connectivity index (χ1v) is 11.7. The third-order valence-electron chi connectivity index (χ3n) is 7.15. The van der Waals surface area contributed by atoms with Gasteiger partial charge in [-0.3, -0.25) is 4.79 Å². The Morgan fingerprint density at radius 1 is 1.17 bits per heavy atom. The number of alkyl halides is 8. The topological polar surface area (TPSA) is 54.5 Å². The Labute approximate surface area is 176 Å². The highest BCUT2D eigenvalue weighted by molar-refractivity contribution is 14.1. The number of fused-ring (bicyclic) bond motifs is 1. The molecule has 168 valence electrons. The molecule has 1 spiro atoms. The van der Waals surface area contributed by atoms with Crippen LogP contribution in [0.4, 0.5) is 30.7 Å². The quantitative estimate of drug-likeness (QED) is 0.289. The third kappa shape index (κ3) is 3.02. The minimum atomic E-state index is -6.51. The van der Waals surface area contributed by atoms with Crippen molar-refractivity contribution in [1.29, 1.82) is 0 Å². The van der Waals surface area contributed by atoms with Crippen LogP contribution in [0.1, 0.15) is 39.5 Å². The molecular formula is C16H19F7INO3S. The molecule has 1 heterocycles. The first-order valence-electron chi connectivity index (χ1n) is 8.84. The van der Waals surface area contributed by atoms with Crippen molar-refractivity contribution in [3.63, 3.8) is 0 Å². The lowest BCUT2D eigenvalue weighted by molar-refractivity contribution is -0.355. The molecule has 4 atom stereocenters. The predicted molar refractivity (Wildman–Crippen MR) is 96.3 cm³/mol. The van der Waals surface area contributed by atoms with Gasteiger partial charge in [0.1, 0.15) is 0 Å². The third-order valence-corrected chi connectivity index (χ3v) is 10.0. The Hall–Kier alpha value is -0.340. The summed E-state index contributed by atoms with van der Waals surface area (Å²) in [6.07, 6.45) is -7.03. The standard InChI is InChI=1S/C16H19F7INO3S/c1-12(2)8-3-4-13(12)7-29(27,28)25(10(13)5-8)11(26)9(24)6-14(17,18)15(19,20)16(21,22)23/h8-10H,3-7H2,1-2H3/t8-,9+,10+,13-/m1/s1.